The fourth-order valence-electron chi connectivity index (χ4n) is 3.07. The van der Waals surface area contributed by atoms with Crippen LogP contribution in [0.3, 0.4) is 0 Å². The van der Waals surface area contributed by atoms with Gasteiger partial charge in [-0.25, -0.2) is 8.78 Å². The predicted molar refractivity (Wildman–Crippen MR) is 80.6 cm³/mol. The van der Waals surface area contributed by atoms with Crippen LogP contribution in [0.1, 0.15) is 50.6 Å². The lowest BCUT2D eigenvalue weighted by molar-refractivity contribution is -0.144. The molecule has 1 amide bonds. The number of carboxylic acids is 1. The summed E-state index contributed by atoms with van der Waals surface area (Å²) in [4.78, 5) is 23.3. The number of aliphatic carboxylic acids is 1. The molecule has 6 heteroatoms. The number of hydrogen-bond acceptors (Lipinski definition) is 2. The predicted octanol–water partition coefficient (Wildman–Crippen LogP) is 3.42. The summed E-state index contributed by atoms with van der Waals surface area (Å²) in [7, 11) is 0. The highest BCUT2D eigenvalue weighted by molar-refractivity contribution is 5.79. The molecule has 126 valence electrons. The summed E-state index contributed by atoms with van der Waals surface area (Å²) in [6.45, 7) is 1.79. The average molecular weight is 325 g/mol. The van der Waals surface area contributed by atoms with Crippen molar-refractivity contribution in [3.05, 3.63) is 35.4 Å². The third-order valence-electron chi connectivity index (χ3n) is 4.51. The topological polar surface area (TPSA) is 66.4 Å². The molecular formula is C17H21F2NO3. The van der Waals surface area contributed by atoms with Crippen molar-refractivity contribution in [3.8, 4) is 0 Å². The van der Waals surface area contributed by atoms with E-state index in [9.17, 15) is 18.4 Å². The zero-order chi connectivity index (χ0) is 17.0. The quantitative estimate of drug-likeness (QED) is 0.872. The number of amides is 1. The standard InChI is InChI=1S/C17H21F2NO3/c1-2-15(13-9-12(18)7-8-14(13)19)20-16(21)10-3-5-11(6-4-10)17(22)23/h7-11,15H,2-6H2,1H3,(H,20,21)(H,22,23). The number of benzene rings is 1. The molecule has 1 fully saturated rings. The normalized spacial score (nSPS) is 22.4. The molecule has 4 nitrogen and oxygen atoms in total. The molecule has 0 aromatic heterocycles. The summed E-state index contributed by atoms with van der Waals surface area (Å²) in [6.07, 6.45) is 2.39. The van der Waals surface area contributed by atoms with E-state index in [0.29, 0.717) is 32.1 Å². The highest BCUT2D eigenvalue weighted by Crippen LogP contribution is 2.30. The minimum absolute atomic E-state index is 0.139. The number of carboxylic acid groups (broad SMARTS) is 1. The van der Waals surface area contributed by atoms with Gasteiger partial charge in [-0.2, -0.15) is 0 Å². The molecule has 0 aliphatic heterocycles. The Morgan fingerprint density at radius 2 is 1.83 bits per heavy atom. The maximum absolute atomic E-state index is 13.9. The van der Waals surface area contributed by atoms with Gasteiger partial charge in [0.15, 0.2) is 0 Å². The van der Waals surface area contributed by atoms with Crippen LogP contribution in [-0.2, 0) is 9.59 Å². The molecule has 1 saturated carbocycles. The Labute approximate surface area is 133 Å². The Balaban J connectivity index is 2.00. The Morgan fingerprint density at radius 3 is 2.39 bits per heavy atom. The summed E-state index contributed by atoms with van der Waals surface area (Å²) in [5, 5.41) is 11.7. The highest BCUT2D eigenvalue weighted by atomic mass is 19.1. The monoisotopic (exact) mass is 325 g/mol. The van der Waals surface area contributed by atoms with Gasteiger partial charge in [0.05, 0.1) is 12.0 Å². The molecule has 2 N–H and O–H groups in total. The first-order valence-corrected chi connectivity index (χ1v) is 7.90. The first kappa shape index (κ1) is 17.4. The number of nitrogens with one attached hydrogen (secondary N) is 1. The van der Waals surface area contributed by atoms with Crippen molar-refractivity contribution in [1.29, 1.82) is 0 Å². The van der Waals surface area contributed by atoms with E-state index in [1.54, 1.807) is 6.92 Å². The van der Waals surface area contributed by atoms with Crippen LogP contribution in [0, 0.1) is 23.5 Å². The summed E-state index contributed by atoms with van der Waals surface area (Å²) in [5.41, 5.74) is 0.139. The van der Waals surface area contributed by atoms with E-state index in [2.05, 4.69) is 5.32 Å². The van der Waals surface area contributed by atoms with Crippen LogP contribution in [0.15, 0.2) is 18.2 Å². The van der Waals surface area contributed by atoms with E-state index < -0.39 is 23.6 Å². The lowest BCUT2D eigenvalue weighted by Crippen LogP contribution is -2.36. The molecule has 2 rings (SSSR count). The van der Waals surface area contributed by atoms with Crippen LogP contribution < -0.4 is 5.32 Å². The van der Waals surface area contributed by atoms with Crippen LogP contribution >= 0.6 is 0 Å². The average Bonchev–Trinajstić information content (AvgIpc) is 2.55. The van der Waals surface area contributed by atoms with Crippen LogP contribution in [0.2, 0.25) is 0 Å². The maximum atomic E-state index is 13.9. The zero-order valence-electron chi connectivity index (χ0n) is 13.0. The van der Waals surface area contributed by atoms with Crippen molar-refractivity contribution in [3.63, 3.8) is 0 Å². The van der Waals surface area contributed by atoms with Gasteiger partial charge in [-0.05, 0) is 50.3 Å². The minimum atomic E-state index is -0.822. The van der Waals surface area contributed by atoms with Gasteiger partial charge in [-0.1, -0.05) is 6.92 Å². The molecule has 0 spiro atoms. The molecule has 1 atom stereocenters. The van der Waals surface area contributed by atoms with E-state index in [1.807, 2.05) is 0 Å². The smallest absolute Gasteiger partial charge is 0.306 e. The largest absolute Gasteiger partial charge is 0.481 e. The molecule has 23 heavy (non-hydrogen) atoms. The van der Waals surface area contributed by atoms with Gasteiger partial charge in [0.1, 0.15) is 11.6 Å². The molecule has 1 aliphatic rings. The van der Waals surface area contributed by atoms with Crippen molar-refractivity contribution in [2.45, 2.75) is 45.1 Å². The number of halogens is 2. The van der Waals surface area contributed by atoms with Gasteiger partial charge in [-0.3, -0.25) is 9.59 Å². The summed E-state index contributed by atoms with van der Waals surface area (Å²) in [5.74, 6) is -2.79. The second-order valence-electron chi connectivity index (χ2n) is 6.02. The van der Waals surface area contributed by atoms with Crippen LogP contribution in [0.25, 0.3) is 0 Å². The number of carbonyl (C=O) groups is 2. The van der Waals surface area contributed by atoms with Gasteiger partial charge >= 0.3 is 5.97 Å². The van der Waals surface area contributed by atoms with Crippen molar-refractivity contribution in [1.82, 2.24) is 5.32 Å². The van der Waals surface area contributed by atoms with Crippen LogP contribution in [0.5, 0.6) is 0 Å². The molecule has 1 unspecified atom stereocenters. The number of carbonyl (C=O) groups excluding carboxylic acids is 1. The van der Waals surface area contributed by atoms with Gasteiger partial charge in [0.25, 0.3) is 0 Å². The zero-order valence-corrected chi connectivity index (χ0v) is 13.0. The Kier molecular flexibility index (Phi) is 5.69. The van der Waals surface area contributed by atoms with Gasteiger partial charge in [0.2, 0.25) is 5.91 Å². The van der Waals surface area contributed by atoms with Crippen molar-refractivity contribution in [2.75, 3.05) is 0 Å². The third kappa shape index (κ3) is 4.27. The Bertz CT molecular complexity index is 583. The minimum Gasteiger partial charge on any atom is -0.481 e. The Morgan fingerprint density at radius 1 is 1.22 bits per heavy atom. The molecule has 0 radical (unpaired) electrons. The molecule has 1 aromatic rings. The fourth-order valence-corrected chi connectivity index (χ4v) is 3.07. The van der Waals surface area contributed by atoms with Crippen molar-refractivity contribution < 1.29 is 23.5 Å². The summed E-state index contributed by atoms with van der Waals surface area (Å²) >= 11 is 0. The van der Waals surface area contributed by atoms with Crippen molar-refractivity contribution >= 4 is 11.9 Å². The van der Waals surface area contributed by atoms with E-state index in [1.165, 1.54) is 0 Å². The first-order valence-electron chi connectivity index (χ1n) is 7.90. The molecule has 1 aliphatic carbocycles. The number of hydrogen-bond donors (Lipinski definition) is 2. The molecule has 0 bridgehead atoms. The van der Waals surface area contributed by atoms with Gasteiger partial charge in [-0.15, -0.1) is 0 Å². The van der Waals surface area contributed by atoms with Gasteiger partial charge in [0, 0.05) is 11.5 Å². The molecular weight excluding hydrogens is 304 g/mol. The highest BCUT2D eigenvalue weighted by Gasteiger charge is 2.30. The van der Waals surface area contributed by atoms with E-state index >= 15 is 0 Å². The maximum Gasteiger partial charge on any atom is 0.306 e. The van der Waals surface area contributed by atoms with E-state index in [0.717, 1.165) is 18.2 Å². The van der Waals surface area contributed by atoms with E-state index in [4.69, 9.17) is 5.11 Å². The first-order chi connectivity index (χ1) is 10.9. The fraction of sp³-hybridized carbons (Fsp3) is 0.529. The van der Waals surface area contributed by atoms with Gasteiger partial charge < -0.3 is 10.4 Å². The summed E-state index contributed by atoms with van der Waals surface area (Å²) in [6, 6.07) is 2.61. The summed E-state index contributed by atoms with van der Waals surface area (Å²) < 4.78 is 27.2. The second-order valence-corrected chi connectivity index (χ2v) is 6.02. The molecule has 0 heterocycles. The van der Waals surface area contributed by atoms with E-state index in [-0.39, 0.29) is 23.3 Å². The Hall–Kier alpha value is -1.98. The SMILES string of the molecule is CCC(NC(=O)C1CCC(C(=O)O)CC1)c1cc(F)ccc1F. The second kappa shape index (κ2) is 7.53. The number of rotatable bonds is 5. The van der Waals surface area contributed by atoms with Crippen molar-refractivity contribution in [2.24, 2.45) is 11.8 Å². The molecule has 0 saturated heterocycles. The molecule has 1 aromatic carbocycles. The lowest BCUT2D eigenvalue weighted by Gasteiger charge is -2.27. The van der Waals surface area contributed by atoms with Crippen LogP contribution in [-0.4, -0.2) is 17.0 Å². The third-order valence-corrected chi connectivity index (χ3v) is 4.51. The van der Waals surface area contributed by atoms with Crippen LogP contribution in [0.4, 0.5) is 8.78 Å². The lowest BCUT2D eigenvalue weighted by atomic mass is 9.81.